The molecule has 94 valence electrons. The predicted molar refractivity (Wildman–Crippen MR) is 60.5 cm³/mol. The number of aromatic nitrogens is 2. The fourth-order valence-electron chi connectivity index (χ4n) is 1.94. The number of amides is 1. The molecule has 0 aromatic carbocycles. The monoisotopic (exact) mass is 239 g/mol. The average Bonchev–Trinajstić information content (AvgIpc) is 2.91. The molecule has 6 heteroatoms. The van der Waals surface area contributed by atoms with Crippen LogP contribution in [0.2, 0.25) is 0 Å². The topological polar surface area (TPSA) is 87.2 Å². The van der Waals surface area contributed by atoms with E-state index in [2.05, 4.69) is 15.5 Å². The molecule has 1 aromatic heterocycles. The largest absolute Gasteiger partial charge is 0.396 e. The maximum atomic E-state index is 11.7. The highest BCUT2D eigenvalue weighted by molar-refractivity contribution is 5.93. The standard InChI is InChI=1S/C11H17N3O3/c15-8-11(1-3-17-4-2-11)7-12-10(16)9-5-13-14-6-9/h5-6,15H,1-4,7-8H2,(H,12,16)(H,13,14). The van der Waals surface area contributed by atoms with Crippen LogP contribution in [0.3, 0.4) is 0 Å². The Bertz CT molecular complexity index is 358. The molecule has 1 saturated heterocycles. The summed E-state index contributed by atoms with van der Waals surface area (Å²) < 4.78 is 5.27. The Hall–Kier alpha value is -1.40. The first kappa shape index (κ1) is 12.1. The van der Waals surface area contributed by atoms with Crippen LogP contribution in [0, 0.1) is 5.41 Å². The second-order valence-electron chi connectivity index (χ2n) is 4.44. The van der Waals surface area contributed by atoms with Crippen molar-refractivity contribution in [1.82, 2.24) is 15.5 Å². The molecule has 1 aliphatic heterocycles. The summed E-state index contributed by atoms with van der Waals surface area (Å²) in [6.45, 7) is 1.82. The second kappa shape index (κ2) is 5.29. The van der Waals surface area contributed by atoms with E-state index in [0.717, 1.165) is 12.8 Å². The minimum atomic E-state index is -0.238. The summed E-state index contributed by atoms with van der Waals surface area (Å²) in [7, 11) is 0. The van der Waals surface area contributed by atoms with Gasteiger partial charge in [-0.1, -0.05) is 0 Å². The fraction of sp³-hybridized carbons (Fsp3) is 0.636. The third-order valence-corrected chi connectivity index (χ3v) is 3.27. The van der Waals surface area contributed by atoms with Crippen LogP contribution in [0.5, 0.6) is 0 Å². The number of carbonyl (C=O) groups is 1. The summed E-state index contributed by atoms with van der Waals surface area (Å²) >= 11 is 0. The third kappa shape index (κ3) is 2.83. The van der Waals surface area contributed by atoms with Gasteiger partial charge in [0.2, 0.25) is 0 Å². The summed E-state index contributed by atoms with van der Waals surface area (Å²) in [6.07, 6.45) is 4.57. The maximum absolute atomic E-state index is 11.7. The van der Waals surface area contributed by atoms with Gasteiger partial charge in [0, 0.05) is 31.4 Å². The van der Waals surface area contributed by atoms with E-state index in [-0.39, 0.29) is 17.9 Å². The number of ether oxygens (including phenoxy) is 1. The number of hydrogen-bond donors (Lipinski definition) is 3. The lowest BCUT2D eigenvalue weighted by molar-refractivity contribution is -0.0146. The number of nitrogens with one attached hydrogen (secondary N) is 2. The minimum Gasteiger partial charge on any atom is -0.396 e. The van der Waals surface area contributed by atoms with Crippen molar-refractivity contribution in [2.75, 3.05) is 26.4 Å². The number of rotatable bonds is 4. The number of aliphatic hydroxyl groups excluding tert-OH is 1. The quantitative estimate of drug-likeness (QED) is 0.686. The lowest BCUT2D eigenvalue weighted by Crippen LogP contribution is -2.43. The molecule has 0 spiro atoms. The molecule has 1 aromatic rings. The number of nitrogens with zero attached hydrogens (tertiary/aromatic N) is 1. The van der Waals surface area contributed by atoms with Crippen molar-refractivity contribution in [2.45, 2.75) is 12.8 Å². The van der Waals surface area contributed by atoms with Gasteiger partial charge in [0.05, 0.1) is 18.4 Å². The van der Waals surface area contributed by atoms with Crippen LogP contribution in [0.25, 0.3) is 0 Å². The molecule has 3 N–H and O–H groups in total. The summed E-state index contributed by atoms with van der Waals surface area (Å²) in [4.78, 5) is 11.7. The second-order valence-corrected chi connectivity index (χ2v) is 4.44. The van der Waals surface area contributed by atoms with Gasteiger partial charge in [0.15, 0.2) is 0 Å². The van der Waals surface area contributed by atoms with Crippen LogP contribution in [-0.4, -0.2) is 47.6 Å². The van der Waals surface area contributed by atoms with Crippen LogP contribution in [0.1, 0.15) is 23.2 Å². The van der Waals surface area contributed by atoms with Crippen LogP contribution in [-0.2, 0) is 4.74 Å². The molecule has 0 aliphatic carbocycles. The summed E-state index contributed by atoms with van der Waals surface area (Å²) in [5.74, 6) is -0.168. The Morgan fingerprint density at radius 3 is 2.94 bits per heavy atom. The van der Waals surface area contributed by atoms with E-state index in [1.54, 1.807) is 6.20 Å². The van der Waals surface area contributed by atoms with E-state index in [1.807, 2.05) is 0 Å². The lowest BCUT2D eigenvalue weighted by Gasteiger charge is -2.35. The first-order valence-electron chi connectivity index (χ1n) is 5.71. The van der Waals surface area contributed by atoms with Gasteiger partial charge >= 0.3 is 0 Å². The number of H-pyrrole nitrogens is 1. The zero-order valence-corrected chi connectivity index (χ0v) is 9.61. The van der Waals surface area contributed by atoms with E-state index in [0.29, 0.717) is 25.3 Å². The molecular weight excluding hydrogens is 222 g/mol. The molecule has 0 saturated carbocycles. The molecule has 2 heterocycles. The van der Waals surface area contributed by atoms with Crippen LogP contribution < -0.4 is 5.32 Å². The van der Waals surface area contributed by atoms with E-state index < -0.39 is 0 Å². The van der Waals surface area contributed by atoms with E-state index >= 15 is 0 Å². The molecular formula is C11H17N3O3. The highest BCUT2D eigenvalue weighted by Crippen LogP contribution is 2.28. The fourth-order valence-corrected chi connectivity index (χ4v) is 1.94. The molecule has 1 fully saturated rings. The zero-order valence-electron chi connectivity index (χ0n) is 9.61. The van der Waals surface area contributed by atoms with E-state index in [1.165, 1.54) is 6.20 Å². The van der Waals surface area contributed by atoms with Crippen molar-refractivity contribution >= 4 is 5.91 Å². The van der Waals surface area contributed by atoms with E-state index in [4.69, 9.17) is 4.74 Å². The molecule has 1 aliphatic rings. The Kier molecular flexibility index (Phi) is 3.75. The number of aromatic amines is 1. The minimum absolute atomic E-state index is 0.0715. The smallest absolute Gasteiger partial charge is 0.254 e. The Balaban J connectivity index is 1.89. The van der Waals surface area contributed by atoms with Crippen LogP contribution >= 0.6 is 0 Å². The molecule has 1 amide bonds. The number of hydrogen-bond acceptors (Lipinski definition) is 4. The Labute approximate surface area is 99.4 Å². The van der Waals surface area contributed by atoms with Gasteiger partial charge in [-0.05, 0) is 12.8 Å². The van der Waals surface area contributed by atoms with Gasteiger partial charge in [-0.3, -0.25) is 9.89 Å². The molecule has 17 heavy (non-hydrogen) atoms. The van der Waals surface area contributed by atoms with Crippen molar-refractivity contribution < 1.29 is 14.6 Å². The summed E-state index contributed by atoms with van der Waals surface area (Å²) in [5, 5.41) is 18.6. The number of aliphatic hydroxyl groups is 1. The summed E-state index contributed by atoms with van der Waals surface area (Å²) in [6, 6.07) is 0. The normalized spacial score (nSPS) is 18.9. The van der Waals surface area contributed by atoms with Gasteiger partial charge in [-0.2, -0.15) is 5.10 Å². The van der Waals surface area contributed by atoms with Crippen molar-refractivity contribution in [3.63, 3.8) is 0 Å². The van der Waals surface area contributed by atoms with Gasteiger partial charge in [-0.25, -0.2) is 0 Å². The van der Waals surface area contributed by atoms with Crippen molar-refractivity contribution in [3.05, 3.63) is 18.0 Å². The maximum Gasteiger partial charge on any atom is 0.254 e. The van der Waals surface area contributed by atoms with Crippen LogP contribution in [0.4, 0.5) is 0 Å². The van der Waals surface area contributed by atoms with Crippen LogP contribution in [0.15, 0.2) is 12.4 Å². The molecule has 6 nitrogen and oxygen atoms in total. The highest BCUT2D eigenvalue weighted by Gasteiger charge is 2.32. The highest BCUT2D eigenvalue weighted by atomic mass is 16.5. The summed E-state index contributed by atoms with van der Waals surface area (Å²) in [5.41, 5.74) is 0.266. The van der Waals surface area contributed by atoms with Crippen molar-refractivity contribution in [1.29, 1.82) is 0 Å². The van der Waals surface area contributed by atoms with Gasteiger partial charge in [0.25, 0.3) is 5.91 Å². The SMILES string of the molecule is O=C(NCC1(CO)CCOCC1)c1cn[nH]c1. The zero-order chi connectivity index (χ0) is 12.1. The van der Waals surface area contributed by atoms with Gasteiger partial charge in [-0.15, -0.1) is 0 Å². The Morgan fingerprint density at radius 1 is 1.59 bits per heavy atom. The molecule has 0 radical (unpaired) electrons. The van der Waals surface area contributed by atoms with Crippen molar-refractivity contribution in [3.8, 4) is 0 Å². The number of carbonyl (C=O) groups excluding carboxylic acids is 1. The molecule has 0 bridgehead atoms. The lowest BCUT2D eigenvalue weighted by atomic mass is 9.81. The van der Waals surface area contributed by atoms with E-state index in [9.17, 15) is 9.90 Å². The van der Waals surface area contributed by atoms with Crippen molar-refractivity contribution in [2.24, 2.45) is 5.41 Å². The van der Waals surface area contributed by atoms with Gasteiger partial charge in [0.1, 0.15) is 0 Å². The first-order valence-corrected chi connectivity index (χ1v) is 5.71. The Morgan fingerprint density at radius 2 is 2.35 bits per heavy atom. The van der Waals surface area contributed by atoms with Gasteiger partial charge < -0.3 is 15.2 Å². The molecule has 0 atom stereocenters. The molecule has 2 rings (SSSR count). The average molecular weight is 239 g/mol. The third-order valence-electron chi connectivity index (χ3n) is 3.27. The first-order chi connectivity index (χ1) is 8.26. The predicted octanol–water partition coefficient (Wildman–Crippen LogP) is -0.0714. The molecule has 0 unspecified atom stereocenters.